The molecule has 210 valence electrons. The fraction of sp³-hybridized carbons (Fsp3) is 0.464. The summed E-state index contributed by atoms with van der Waals surface area (Å²) in [4.78, 5) is 55.8. The number of halogens is 2. The third kappa shape index (κ3) is 8.16. The maximum atomic E-state index is 12.7. The Morgan fingerprint density at radius 1 is 1.13 bits per heavy atom. The fourth-order valence-electron chi connectivity index (χ4n) is 5.29. The lowest BCUT2D eigenvalue weighted by atomic mass is 9.89. The number of aldehydes is 1. The van der Waals surface area contributed by atoms with Crippen molar-refractivity contribution in [3.8, 4) is 5.75 Å². The molecule has 0 aliphatic carbocycles. The second kappa shape index (κ2) is 14.3. The van der Waals surface area contributed by atoms with Crippen LogP contribution in [0.3, 0.4) is 0 Å². The summed E-state index contributed by atoms with van der Waals surface area (Å²) >= 11 is 11.6. The minimum atomic E-state index is -1.05. The first-order valence-electron chi connectivity index (χ1n) is 13.0. The predicted octanol–water partition coefficient (Wildman–Crippen LogP) is 4.88. The molecule has 0 bridgehead atoms. The van der Waals surface area contributed by atoms with Crippen molar-refractivity contribution in [1.82, 2.24) is 9.80 Å². The quantitative estimate of drug-likeness (QED) is 0.195. The number of carboxylic acid groups (broad SMARTS) is 1. The molecule has 1 aromatic rings. The van der Waals surface area contributed by atoms with Crippen molar-refractivity contribution >= 4 is 58.7 Å². The van der Waals surface area contributed by atoms with Gasteiger partial charge >= 0.3 is 5.97 Å². The number of carboxylic acids is 1. The molecule has 2 aliphatic heterocycles. The molecule has 3 rings (SSSR count). The van der Waals surface area contributed by atoms with Crippen LogP contribution in [0.4, 0.5) is 5.69 Å². The maximum Gasteiger partial charge on any atom is 0.326 e. The number of hydrogen-bond acceptors (Lipinski definition) is 6. The highest BCUT2D eigenvalue weighted by Crippen LogP contribution is 2.36. The van der Waals surface area contributed by atoms with Crippen molar-refractivity contribution in [3.63, 3.8) is 0 Å². The van der Waals surface area contributed by atoms with Crippen LogP contribution >= 0.6 is 23.2 Å². The molecule has 2 heterocycles. The summed E-state index contributed by atoms with van der Waals surface area (Å²) in [6.07, 6.45) is 6.62. The van der Waals surface area contributed by atoms with Crippen LogP contribution in [0.15, 0.2) is 45.9 Å². The molecule has 9 nitrogen and oxygen atoms in total. The topological polar surface area (TPSA) is 128 Å². The highest BCUT2D eigenvalue weighted by Gasteiger charge is 2.35. The lowest BCUT2D eigenvalue weighted by Crippen LogP contribution is -2.44. The molecule has 3 unspecified atom stereocenters. The van der Waals surface area contributed by atoms with Crippen LogP contribution in [0.2, 0.25) is 0 Å². The number of carbonyl (C=O) groups excluding carboxylic acids is 3. The number of benzene rings is 1. The van der Waals surface area contributed by atoms with Gasteiger partial charge in [0.25, 0.3) is 0 Å². The van der Waals surface area contributed by atoms with Gasteiger partial charge in [0, 0.05) is 37.5 Å². The first-order chi connectivity index (χ1) is 18.6. The zero-order valence-electron chi connectivity index (χ0n) is 21.8. The molecular formula is C28H33Cl2N3O6. The Hall–Kier alpha value is -3.17. The second-order valence-corrected chi connectivity index (χ2v) is 10.5. The lowest BCUT2D eigenvalue weighted by Gasteiger charge is -2.32. The van der Waals surface area contributed by atoms with Gasteiger partial charge < -0.3 is 20.0 Å². The number of nitrogens with zero attached hydrogens (tertiary/aromatic N) is 3. The average Bonchev–Trinajstić information content (AvgIpc) is 3.52. The van der Waals surface area contributed by atoms with Crippen LogP contribution < -0.4 is 0 Å². The van der Waals surface area contributed by atoms with E-state index in [4.69, 9.17) is 23.2 Å². The number of aromatic hydroxyl groups is 1. The Morgan fingerprint density at radius 3 is 2.36 bits per heavy atom. The summed E-state index contributed by atoms with van der Waals surface area (Å²) < 4.78 is 0. The summed E-state index contributed by atoms with van der Waals surface area (Å²) in [6, 6.07) is 3.54. The molecular weight excluding hydrogens is 545 g/mol. The molecule has 2 amide bonds. The largest absolute Gasteiger partial charge is 0.508 e. The summed E-state index contributed by atoms with van der Waals surface area (Å²) in [5.74, 6) is -1.33. The van der Waals surface area contributed by atoms with Crippen molar-refractivity contribution in [3.05, 3.63) is 46.5 Å². The number of phenolic OH excluding ortho intramolecular Hbond substituents is 1. The van der Waals surface area contributed by atoms with Gasteiger partial charge in [-0.1, -0.05) is 30.1 Å². The van der Waals surface area contributed by atoms with E-state index in [1.54, 1.807) is 17.0 Å². The predicted molar refractivity (Wildman–Crippen MR) is 150 cm³/mol. The van der Waals surface area contributed by atoms with E-state index in [0.29, 0.717) is 68.4 Å². The number of rotatable bonds is 13. The molecule has 0 aromatic heterocycles. The molecule has 11 heteroatoms. The van der Waals surface area contributed by atoms with E-state index < -0.39 is 12.0 Å². The van der Waals surface area contributed by atoms with E-state index in [-0.39, 0.29) is 41.0 Å². The highest BCUT2D eigenvalue weighted by atomic mass is 35.5. The zero-order valence-corrected chi connectivity index (χ0v) is 23.3. The van der Waals surface area contributed by atoms with Gasteiger partial charge in [0.2, 0.25) is 11.8 Å². The van der Waals surface area contributed by atoms with Crippen LogP contribution in [-0.4, -0.2) is 75.0 Å². The smallest absolute Gasteiger partial charge is 0.326 e. The van der Waals surface area contributed by atoms with Gasteiger partial charge in [0.05, 0.1) is 16.4 Å². The first-order valence-corrected chi connectivity index (χ1v) is 13.8. The second-order valence-electron chi connectivity index (χ2n) is 9.82. The van der Waals surface area contributed by atoms with Crippen molar-refractivity contribution in [2.24, 2.45) is 4.99 Å². The molecule has 2 fully saturated rings. The Morgan fingerprint density at radius 2 is 1.79 bits per heavy atom. The van der Waals surface area contributed by atoms with Gasteiger partial charge in [0.15, 0.2) is 6.29 Å². The zero-order chi connectivity index (χ0) is 28.5. The molecule has 2 saturated heterocycles. The van der Waals surface area contributed by atoms with Gasteiger partial charge in [-0.3, -0.25) is 14.4 Å². The van der Waals surface area contributed by atoms with Crippen molar-refractivity contribution in [2.45, 2.75) is 69.9 Å². The molecule has 0 radical (unpaired) electrons. The number of carbonyl (C=O) groups is 4. The summed E-state index contributed by atoms with van der Waals surface area (Å²) in [5, 5.41) is 20.0. The summed E-state index contributed by atoms with van der Waals surface area (Å²) in [5.41, 5.74) is 2.79. The Balaban J connectivity index is 1.89. The molecule has 2 N–H and O–H groups in total. The average molecular weight is 578 g/mol. The van der Waals surface area contributed by atoms with Crippen LogP contribution in [0, 0.1) is 0 Å². The van der Waals surface area contributed by atoms with Crippen LogP contribution in [0.25, 0.3) is 0 Å². The highest BCUT2D eigenvalue weighted by molar-refractivity contribution is 6.40. The summed E-state index contributed by atoms with van der Waals surface area (Å²) in [7, 11) is 0. The molecule has 0 spiro atoms. The monoisotopic (exact) mass is 577 g/mol. The number of phenols is 1. The number of amides is 2. The number of likely N-dealkylation sites (tertiary alicyclic amines) is 2. The minimum Gasteiger partial charge on any atom is -0.508 e. The van der Waals surface area contributed by atoms with Crippen molar-refractivity contribution in [2.75, 3.05) is 13.1 Å². The Bertz CT molecular complexity index is 1180. The minimum absolute atomic E-state index is 0.0219. The molecule has 1 aromatic carbocycles. The van der Waals surface area contributed by atoms with E-state index in [2.05, 4.69) is 4.99 Å². The first kappa shape index (κ1) is 30.4. The molecule has 3 atom stereocenters. The lowest BCUT2D eigenvalue weighted by molar-refractivity contribution is -0.148. The van der Waals surface area contributed by atoms with E-state index in [1.165, 1.54) is 28.7 Å². The van der Waals surface area contributed by atoms with E-state index >= 15 is 0 Å². The van der Waals surface area contributed by atoms with Crippen molar-refractivity contribution < 1.29 is 29.4 Å². The third-order valence-electron chi connectivity index (χ3n) is 7.14. The Labute approximate surface area is 237 Å². The molecule has 0 saturated carbocycles. The summed E-state index contributed by atoms with van der Waals surface area (Å²) in [6.45, 7) is 2.96. The SMILES string of the molecule is CC(CC(CCC(C(=O)O)N1CCCC1=O)N1CCCC1=O)c1cc(O)ccc1N=C(/C=C/Cl)/C=C(/Cl)C=O. The standard InChI is InChI=1S/C28H33Cl2N3O6/c1-18(23-16-22(35)7-8-24(23)31-20(10-11-29)15-19(30)17-34)14-21(32-12-2-4-26(32)36)6-9-25(28(38)39)33-13-3-5-27(33)37/h7-8,10-11,15-18,21,25,35H,2-6,9,12-14H2,1H3,(H,38,39)/b11-10+,19-15+,31-20?. The fourth-order valence-corrected chi connectivity index (χ4v) is 5.53. The van der Waals surface area contributed by atoms with Gasteiger partial charge in [-0.15, -0.1) is 0 Å². The van der Waals surface area contributed by atoms with Gasteiger partial charge in [-0.2, -0.15) is 0 Å². The van der Waals surface area contributed by atoms with E-state index in [1.807, 2.05) is 6.92 Å². The van der Waals surface area contributed by atoms with E-state index in [0.717, 1.165) is 6.42 Å². The van der Waals surface area contributed by atoms with Gasteiger partial charge in [-0.05, 0) is 73.9 Å². The van der Waals surface area contributed by atoms with Gasteiger partial charge in [0.1, 0.15) is 11.8 Å². The van der Waals surface area contributed by atoms with Crippen LogP contribution in [0.5, 0.6) is 5.75 Å². The number of aliphatic imine (C=N–C) groups is 1. The van der Waals surface area contributed by atoms with Crippen LogP contribution in [0.1, 0.15) is 63.4 Å². The van der Waals surface area contributed by atoms with Gasteiger partial charge in [-0.25, -0.2) is 9.79 Å². The number of hydrogen-bond donors (Lipinski definition) is 2. The molecule has 39 heavy (non-hydrogen) atoms. The Kier molecular flexibility index (Phi) is 11.1. The number of allylic oxidation sites excluding steroid dienone is 3. The maximum absolute atomic E-state index is 12.7. The molecule has 2 aliphatic rings. The normalized spacial score (nSPS) is 19.2. The number of aliphatic carboxylic acids is 1. The third-order valence-corrected chi connectivity index (χ3v) is 7.47. The van der Waals surface area contributed by atoms with Crippen molar-refractivity contribution in [1.29, 1.82) is 0 Å². The van der Waals surface area contributed by atoms with E-state index in [9.17, 15) is 29.4 Å². The van der Waals surface area contributed by atoms with Crippen LogP contribution in [-0.2, 0) is 19.2 Å².